The topological polar surface area (TPSA) is 92.4 Å². The number of aromatic nitrogens is 2. The molecule has 28 heavy (non-hydrogen) atoms. The molecule has 1 saturated heterocycles. The summed E-state index contributed by atoms with van der Waals surface area (Å²) in [6.07, 6.45) is 0.793. The number of esters is 1. The third kappa shape index (κ3) is 3.44. The average molecular weight is 378 g/mol. The molecule has 1 aromatic heterocycles. The summed E-state index contributed by atoms with van der Waals surface area (Å²) in [5.74, 6) is -0.986. The lowest BCUT2D eigenvalue weighted by Crippen LogP contribution is -2.38. The van der Waals surface area contributed by atoms with E-state index in [1.165, 1.54) is 0 Å². The zero-order valence-electron chi connectivity index (χ0n) is 15.0. The van der Waals surface area contributed by atoms with Crippen molar-refractivity contribution in [2.45, 2.75) is 25.6 Å². The third-order valence-corrected chi connectivity index (χ3v) is 4.63. The van der Waals surface area contributed by atoms with Crippen molar-refractivity contribution in [3.63, 3.8) is 0 Å². The molecule has 1 aliphatic heterocycles. The van der Waals surface area contributed by atoms with Crippen LogP contribution in [0.15, 0.2) is 54.6 Å². The summed E-state index contributed by atoms with van der Waals surface area (Å²) < 4.78 is 11.2. The minimum atomic E-state index is -0.604. The van der Waals surface area contributed by atoms with Crippen molar-refractivity contribution in [2.75, 3.05) is 6.61 Å². The first-order valence-corrected chi connectivity index (χ1v) is 9.04. The summed E-state index contributed by atoms with van der Waals surface area (Å²) in [6, 6.07) is 15.2. The van der Waals surface area contributed by atoms with Gasteiger partial charge in [0.25, 0.3) is 11.5 Å². The molecule has 0 amide bonds. The van der Waals surface area contributed by atoms with Gasteiger partial charge in [-0.05, 0) is 18.9 Å². The van der Waals surface area contributed by atoms with Gasteiger partial charge in [0.15, 0.2) is 11.8 Å². The zero-order chi connectivity index (χ0) is 19.5. The second-order valence-corrected chi connectivity index (χ2v) is 6.49. The van der Waals surface area contributed by atoms with Gasteiger partial charge >= 0.3 is 5.97 Å². The van der Waals surface area contributed by atoms with Crippen LogP contribution in [0.4, 0.5) is 0 Å². The van der Waals surface area contributed by atoms with Gasteiger partial charge in [0.2, 0.25) is 5.52 Å². The Morgan fingerprint density at radius 3 is 2.64 bits per heavy atom. The summed E-state index contributed by atoms with van der Waals surface area (Å²) >= 11 is 0. The maximum absolute atomic E-state index is 13.0. The van der Waals surface area contributed by atoms with Gasteiger partial charge in [0.1, 0.15) is 12.1 Å². The minimum Gasteiger partial charge on any atom is -0.618 e. The lowest BCUT2D eigenvalue weighted by atomic mass is 10.1. The molecule has 2 heterocycles. The molecule has 7 nitrogen and oxygen atoms in total. The van der Waals surface area contributed by atoms with Gasteiger partial charge in [0.05, 0.1) is 0 Å². The smallest absolute Gasteiger partial charge is 0.335 e. The monoisotopic (exact) mass is 378 g/mol. The van der Waals surface area contributed by atoms with Crippen molar-refractivity contribution in [2.24, 2.45) is 0 Å². The number of carbonyl (C=O) groups excluding carboxylic acids is 2. The van der Waals surface area contributed by atoms with Crippen molar-refractivity contribution in [3.05, 3.63) is 76.8 Å². The first kappa shape index (κ1) is 18.1. The summed E-state index contributed by atoms with van der Waals surface area (Å²) in [6.45, 7) is 0.242. The van der Waals surface area contributed by atoms with Crippen LogP contribution >= 0.6 is 0 Å². The number of ketones is 1. The standard InChI is InChI=1S/C21H18N2O5/c24-20(14-7-2-1-3-8-14)19-16(13-28-21(25)18-11-6-12-27-18)22-15-9-4-5-10-17(15)23(19)26/h1-5,7-10,18H,6,11-13H2. The van der Waals surface area contributed by atoms with E-state index in [-0.39, 0.29) is 23.5 Å². The molecule has 4 rings (SSSR count). The molecule has 142 valence electrons. The lowest BCUT2D eigenvalue weighted by molar-refractivity contribution is -0.580. The van der Waals surface area contributed by atoms with Crippen LogP contribution in [0.2, 0.25) is 0 Å². The first-order chi connectivity index (χ1) is 13.6. The van der Waals surface area contributed by atoms with Crippen LogP contribution in [-0.2, 0) is 20.9 Å². The van der Waals surface area contributed by atoms with Gasteiger partial charge < -0.3 is 14.7 Å². The van der Waals surface area contributed by atoms with Crippen LogP contribution in [0, 0.1) is 5.21 Å². The van der Waals surface area contributed by atoms with Crippen molar-refractivity contribution in [3.8, 4) is 0 Å². The van der Waals surface area contributed by atoms with E-state index in [1.54, 1.807) is 54.6 Å². The molecule has 1 aliphatic rings. The van der Waals surface area contributed by atoms with E-state index in [0.717, 1.165) is 6.42 Å². The molecule has 7 heteroatoms. The second-order valence-electron chi connectivity index (χ2n) is 6.49. The average Bonchev–Trinajstić information content (AvgIpc) is 3.27. The van der Waals surface area contributed by atoms with Crippen molar-refractivity contribution >= 4 is 22.8 Å². The van der Waals surface area contributed by atoms with E-state index in [9.17, 15) is 14.8 Å². The number of hydrogen-bond acceptors (Lipinski definition) is 6. The Morgan fingerprint density at radius 2 is 1.89 bits per heavy atom. The number of benzene rings is 2. The normalized spacial score (nSPS) is 16.2. The molecule has 0 bridgehead atoms. The summed E-state index contributed by atoms with van der Waals surface area (Å²) in [4.78, 5) is 29.6. The van der Waals surface area contributed by atoms with Crippen LogP contribution in [0.3, 0.4) is 0 Å². The number of rotatable bonds is 5. The number of nitrogens with zero attached hydrogens (tertiary/aromatic N) is 2. The van der Waals surface area contributed by atoms with Gasteiger partial charge in [-0.15, -0.1) is 0 Å². The molecule has 1 fully saturated rings. The van der Waals surface area contributed by atoms with Crippen molar-refractivity contribution < 1.29 is 23.8 Å². The molecule has 0 N–H and O–H groups in total. The summed E-state index contributed by atoms with van der Waals surface area (Å²) in [5, 5.41) is 13.0. The highest BCUT2D eigenvalue weighted by molar-refractivity contribution is 6.07. The van der Waals surface area contributed by atoms with Crippen LogP contribution in [0.25, 0.3) is 11.0 Å². The quantitative estimate of drug-likeness (QED) is 0.293. The molecule has 0 spiro atoms. The van der Waals surface area contributed by atoms with Gasteiger partial charge in [0, 0.05) is 18.2 Å². The first-order valence-electron chi connectivity index (χ1n) is 9.04. The minimum absolute atomic E-state index is 0.119. The van der Waals surface area contributed by atoms with E-state index in [0.29, 0.717) is 28.8 Å². The number of carbonyl (C=O) groups is 2. The Hall–Kier alpha value is -3.32. The molecular weight excluding hydrogens is 360 g/mol. The van der Waals surface area contributed by atoms with Crippen molar-refractivity contribution in [1.29, 1.82) is 0 Å². The van der Waals surface area contributed by atoms with Crippen LogP contribution in [0.1, 0.15) is 34.6 Å². The van der Waals surface area contributed by atoms with Gasteiger partial charge in [-0.1, -0.05) is 42.5 Å². The molecule has 1 unspecified atom stereocenters. The van der Waals surface area contributed by atoms with Gasteiger partial charge in [-0.2, -0.15) is 4.73 Å². The number of fused-ring (bicyclic) bond motifs is 1. The lowest BCUT2D eigenvalue weighted by Gasteiger charge is -2.13. The third-order valence-electron chi connectivity index (χ3n) is 4.63. The second kappa shape index (κ2) is 7.74. The fourth-order valence-electron chi connectivity index (χ4n) is 3.21. The predicted molar refractivity (Wildman–Crippen MR) is 99.3 cm³/mol. The van der Waals surface area contributed by atoms with E-state index < -0.39 is 17.9 Å². The molecule has 0 aliphatic carbocycles. The number of hydrogen-bond donors (Lipinski definition) is 0. The fraction of sp³-hybridized carbons (Fsp3) is 0.238. The zero-order valence-corrected chi connectivity index (χ0v) is 15.0. The molecule has 1 atom stereocenters. The number of ether oxygens (including phenoxy) is 2. The van der Waals surface area contributed by atoms with Crippen LogP contribution < -0.4 is 4.73 Å². The highest BCUT2D eigenvalue weighted by Crippen LogP contribution is 2.18. The van der Waals surface area contributed by atoms with Gasteiger partial charge in [-0.25, -0.2) is 9.78 Å². The highest BCUT2D eigenvalue weighted by Gasteiger charge is 2.30. The van der Waals surface area contributed by atoms with E-state index in [1.807, 2.05) is 0 Å². The van der Waals surface area contributed by atoms with E-state index >= 15 is 0 Å². The Kier molecular flexibility index (Phi) is 4.99. The SMILES string of the molecule is O=C(c1ccccc1)c1c(COC(=O)C2CCCO2)nc2ccccc2[n+]1[O-]. The van der Waals surface area contributed by atoms with Crippen LogP contribution in [-0.4, -0.2) is 29.4 Å². The number of para-hydroxylation sites is 2. The molecular formula is C21H18N2O5. The Bertz CT molecular complexity index is 1030. The Morgan fingerprint density at radius 1 is 1.14 bits per heavy atom. The maximum Gasteiger partial charge on any atom is 0.335 e. The predicted octanol–water partition coefficient (Wildman–Crippen LogP) is 2.32. The molecule has 2 aromatic carbocycles. The molecule has 0 radical (unpaired) electrons. The van der Waals surface area contributed by atoms with E-state index in [2.05, 4.69) is 4.98 Å². The van der Waals surface area contributed by atoms with Crippen molar-refractivity contribution in [1.82, 2.24) is 4.98 Å². The molecule has 3 aromatic rings. The largest absolute Gasteiger partial charge is 0.618 e. The molecule has 0 saturated carbocycles. The Labute approximate surface area is 161 Å². The highest BCUT2D eigenvalue weighted by atomic mass is 16.6. The van der Waals surface area contributed by atoms with Crippen LogP contribution in [0.5, 0.6) is 0 Å². The van der Waals surface area contributed by atoms with E-state index in [4.69, 9.17) is 9.47 Å². The fourth-order valence-corrected chi connectivity index (χ4v) is 3.21. The maximum atomic E-state index is 13.0. The summed E-state index contributed by atoms with van der Waals surface area (Å²) in [5.41, 5.74) is 1.02. The Balaban J connectivity index is 1.73. The summed E-state index contributed by atoms with van der Waals surface area (Å²) in [7, 11) is 0. The van der Waals surface area contributed by atoms with Gasteiger partial charge in [-0.3, -0.25) is 4.79 Å².